The molecule has 0 atom stereocenters. The standard InChI is InChI=1S/C22H17Cl2N5O4/c1-2-33-16(30)11-28-18-17(19(25)31)26-20(12-5-3-6-13(23)9-12)27-21(18)29(22(28)32)15-8-4-7-14(24)10-15/h3-10H,2,11H2,1H3,(H2,25,31). The van der Waals surface area contributed by atoms with E-state index in [0.29, 0.717) is 21.3 Å². The lowest BCUT2D eigenvalue weighted by molar-refractivity contribution is -0.143. The van der Waals surface area contributed by atoms with E-state index in [2.05, 4.69) is 9.97 Å². The van der Waals surface area contributed by atoms with Crippen LogP contribution < -0.4 is 11.4 Å². The third-order valence-electron chi connectivity index (χ3n) is 4.74. The number of carbonyl (C=O) groups excluding carboxylic acids is 2. The van der Waals surface area contributed by atoms with Crippen LogP contribution in [0.5, 0.6) is 0 Å². The Morgan fingerprint density at radius 1 is 1.06 bits per heavy atom. The molecule has 9 nitrogen and oxygen atoms in total. The van der Waals surface area contributed by atoms with Crippen molar-refractivity contribution in [1.82, 2.24) is 19.1 Å². The molecule has 2 heterocycles. The quantitative estimate of drug-likeness (QED) is 0.418. The molecule has 0 unspecified atom stereocenters. The Bertz CT molecular complexity index is 1460. The van der Waals surface area contributed by atoms with Gasteiger partial charge in [0, 0.05) is 15.6 Å². The highest BCUT2D eigenvalue weighted by Crippen LogP contribution is 2.26. The van der Waals surface area contributed by atoms with Gasteiger partial charge in [-0.1, -0.05) is 41.4 Å². The lowest BCUT2D eigenvalue weighted by Crippen LogP contribution is -2.28. The fourth-order valence-corrected chi connectivity index (χ4v) is 3.79. The van der Waals surface area contributed by atoms with Crippen molar-refractivity contribution in [2.24, 2.45) is 5.73 Å². The van der Waals surface area contributed by atoms with E-state index in [1.54, 1.807) is 55.5 Å². The lowest BCUT2D eigenvalue weighted by atomic mass is 10.2. The zero-order chi connectivity index (χ0) is 23.7. The minimum atomic E-state index is -0.897. The lowest BCUT2D eigenvalue weighted by Gasteiger charge is -2.08. The number of hydrogen-bond acceptors (Lipinski definition) is 6. The van der Waals surface area contributed by atoms with Crippen molar-refractivity contribution >= 4 is 46.2 Å². The molecule has 33 heavy (non-hydrogen) atoms. The largest absolute Gasteiger partial charge is 0.465 e. The monoisotopic (exact) mass is 485 g/mol. The number of benzene rings is 2. The number of amides is 1. The van der Waals surface area contributed by atoms with Gasteiger partial charge in [0.15, 0.2) is 17.2 Å². The second-order valence-electron chi connectivity index (χ2n) is 6.93. The van der Waals surface area contributed by atoms with Gasteiger partial charge < -0.3 is 10.5 Å². The maximum absolute atomic E-state index is 13.5. The molecule has 168 valence electrons. The number of imidazole rings is 1. The number of rotatable bonds is 6. The molecule has 4 rings (SSSR count). The summed E-state index contributed by atoms with van der Waals surface area (Å²) in [7, 11) is 0. The first-order valence-corrected chi connectivity index (χ1v) is 10.6. The molecule has 2 aromatic heterocycles. The number of nitrogens with two attached hydrogens (primary N) is 1. The average Bonchev–Trinajstić information content (AvgIpc) is 3.04. The van der Waals surface area contributed by atoms with Crippen molar-refractivity contribution in [2.75, 3.05) is 6.61 Å². The van der Waals surface area contributed by atoms with Crippen LogP contribution in [-0.2, 0) is 16.1 Å². The minimum Gasteiger partial charge on any atom is -0.465 e. The summed E-state index contributed by atoms with van der Waals surface area (Å²) < 4.78 is 7.29. The van der Waals surface area contributed by atoms with Crippen LogP contribution in [0, 0.1) is 0 Å². The second kappa shape index (κ2) is 9.05. The van der Waals surface area contributed by atoms with Crippen LogP contribution in [0.25, 0.3) is 28.2 Å². The first kappa shape index (κ1) is 22.5. The number of ether oxygens (including phenoxy) is 1. The van der Waals surface area contributed by atoms with Gasteiger partial charge in [-0.15, -0.1) is 0 Å². The highest BCUT2D eigenvalue weighted by molar-refractivity contribution is 6.31. The van der Waals surface area contributed by atoms with Crippen LogP contribution in [0.4, 0.5) is 0 Å². The Balaban J connectivity index is 2.10. The van der Waals surface area contributed by atoms with Crippen LogP contribution in [0.3, 0.4) is 0 Å². The number of carbonyl (C=O) groups is 2. The van der Waals surface area contributed by atoms with E-state index in [4.69, 9.17) is 33.7 Å². The van der Waals surface area contributed by atoms with Crippen LogP contribution in [-0.4, -0.2) is 37.6 Å². The van der Waals surface area contributed by atoms with E-state index in [0.717, 1.165) is 4.57 Å². The number of fused-ring (bicyclic) bond motifs is 1. The molecule has 11 heteroatoms. The van der Waals surface area contributed by atoms with E-state index in [9.17, 15) is 14.4 Å². The predicted octanol–water partition coefficient (Wildman–Crippen LogP) is 3.22. The summed E-state index contributed by atoms with van der Waals surface area (Å²) in [6.45, 7) is 1.31. The highest BCUT2D eigenvalue weighted by Gasteiger charge is 2.25. The molecule has 0 spiro atoms. The van der Waals surface area contributed by atoms with Gasteiger partial charge in [0.25, 0.3) is 5.91 Å². The molecule has 0 bridgehead atoms. The van der Waals surface area contributed by atoms with Crippen LogP contribution in [0.15, 0.2) is 53.3 Å². The summed E-state index contributed by atoms with van der Waals surface area (Å²) in [5, 5.41) is 0.814. The molecule has 0 radical (unpaired) electrons. The van der Waals surface area contributed by atoms with Gasteiger partial charge in [0.05, 0.1) is 12.3 Å². The van der Waals surface area contributed by atoms with Crippen LogP contribution in [0.2, 0.25) is 10.0 Å². The molecule has 0 aliphatic carbocycles. The zero-order valence-corrected chi connectivity index (χ0v) is 18.8. The summed E-state index contributed by atoms with van der Waals surface area (Å²) in [6.07, 6.45) is 0. The summed E-state index contributed by atoms with van der Waals surface area (Å²) in [6, 6.07) is 13.2. The van der Waals surface area contributed by atoms with Gasteiger partial charge in [-0.3, -0.25) is 14.2 Å². The summed E-state index contributed by atoms with van der Waals surface area (Å²) >= 11 is 12.2. The van der Waals surface area contributed by atoms with E-state index >= 15 is 0 Å². The summed E-state index contributed by atoms with van der Waals surface area (Å²) in [4.78, 5) is 46.9. The molecule has 2 N–H and O–H groups in total. The van der Waals surface area contributed by atoms with E-state index < -0.39 is 24.1 Å². The number of nitrogens with zero attached hydrogens (tertiary/aromatic N) is 4. The third-order valence-corrected chi connectivity index (χ3v) is 5.21. The topological polar surface area (TPSA) is 122 Å². The molecule has 2 aromatic carbocycles. The van der Waals surface area contributed by atoms with Crippen molar-refractivity contribution < 1.29 is 14.3 Å². The first-order valence-electron chi connectivity index (χ1n) is 9.80. The number of primary amides is 1. The predicted molar refractivity (Wildman–Crippen MR) is 124 cm³/mol. The highest BCUT2D eigenvalue weighted by atomic mass is 35.5. The number of esters is 1. The summed E-state index contributed by atoms with van der Waals surface area (Å²) in [5.41, 5.74) is 5.73. The van der Waals surface area contributed by atoms with Crippen LogP contribution >= 0.6 is 23.2 Å². The SMILES string of the molecule is CCOC(=O)Cn1c(=O)n(-c2cccc(Cl)c2)c2nc(-c3cccc(Cl)c3)nc(C(N)=O)c21. The number of aromatic nitrogens is 4. The van der Waals surface area contributed by atoms with Crippen LogP contribution in [0.1, 0.15) is 17.4 Å². The van der Waals surface area contributed by atoms with Gasteiger partial charge in [-0.25, -0.2) is 19.3 Å². The Hall–Kier alpha value is -3.69. The van der Waals surface area contributed by atoms with Gasteiger partial charge in [-0.2, -0.15) is 0 Å². The van der Waals surface area contributed by atoms with E-state index in [1.807, 2.05) is 0 Å². The molecular weight excluding hydrogens is 469 g/mol. The van der Waals surface area contributed by atoms with E-state index in [-0.39, 0.29) is 29.3 Å². The smallest absolute Gasteiger partial charge is 0.335 e. The zero-order valence-electron chi connectivity index (χ0n) is 17.3. The van der Waals surface area contributed by atoms with Gasteiger partial charge in [0.2, 0.25) is 0 Å². The molecular formula is C22H17Cl2N5O4. The molecule has 0 saturated carbocycles. The Morgan fingerprint density at radius 3 is 2.39 bits per heavy atom. The Morgan fingerprint density at radius 2 is 1.76 bits per heavy atom. The van der Waals surface area contributed by atoms with Crippen molar-refractivity contribution in [1.29, 1.82) is 0 Å². The van der Waals surface area contributed by atoms with E-state index in [1.165, 1.54) is 4.57 Å². The Labute approximate surface area is 197 Å². The van der Waals surface area contributed by atoms with Gasteiger partial charge in [-0.05, 0) is 37.3 Å². The number of halogens is 2. The fourth-order valence-electron chi connectivity index (χ4n) is 3.41. The Kier molecular flexibility index (Phi) is 6.17. The van der Waals surface area contributed by atoms with Gasteiger partial charge in [0.1, 0.15) is 12.1 Å². The molecule has 0 fully saturated rings. The fraction of sp³-hybridized carbons (Fsp3) is 0.136. The number of hydrogen-bond donors (Lipinski definition) is 1. The maximum Gasteiger partial charge on any atom is 0.335 e. The summed E-state index contributed by atoms with van der Waals surface area (Å²) in [5.74, 6) is -1.44. The molecule has 1 amide bonds. The molecule has 0 aliphatic heterocycles. The first-order chi connectivity index (χ1) is 15.8. The normalized spacial score (nSPS) is 11.0. The van der Waals surface area contributed by atoms with Crippen molar-refractivity contribution in [3.8, 4) is 17.1 Å². The third kappa shape index (κ3) is 4.33. The second-order valence-corrected chi connectivity index (χ2v) is 7.80. The average molecular weight is 486 g/mol. The van der Waals surface area contributed by atoms with Crippen molar-refractivity contribution in [3.05, 3.63) is 74.8 Å². The van der Waals surface area contributed by atoms with Crippen molar-refractivity contribution in [2.45, 2.75) is 13.5 Å². The minimum absolute atomic E-state index is 0.00584. The molecule has 4 aromatic rings. The van der Waals surface area contributed by atoms with Crippen molar-refractivity contribution in [3.63, 3.8) is 0 Å². The molecule has 0 saturated heterocycles. The molecule has 0 aliphatic rings. The maximum atomic E-state index is 13.5. The van der Waals surface area contributed by atoms with Gasteiger partial charge >= 0.3 is 11.7 Å².